The van der Waals surface area contributed by atoms with Crippen LogP contribution >= 0.6 is 0 Å². The zero-order valence-electron chi connectivity index (χ0n) is 16.2. The van der Waals surface area contributed by atoms with Gasteiger partial charge in [-0.15, -0.1) is 5.10 Å². The molecule has 6 heteroatoms. The van der Waals surface area contributed by atoms with Gasteiger partial charge in [-0.3, -0.25) is 0 Å². The molecule has 1 aromatic heterocycles. The molecule has 28 heavy (non-hydrogen) atoms. The first-order chi connectivity index (χ1) is 13.7. The molecule has 1 atom stereocenters. The zero-order valence-corrected chi connectivity index (χ0v) is 16.2. The lowest BCUT2D eigenvalue weighted by molar-refractivity contribution is 0.0929. The van der Waals surface area contributed by atoms with Crippen LogP contribution in [0.4, 0.5) is 5.82 Å². The van der Waals surface area contributed by atoms with Gasteiger partial charge in [0.25, 0.3) is 0 Å². The molecule has 1 aliphatic heterocycles. The first kappa shape index (κ1) is 18.5. The molecule has 0 aliphatic carbocycles. The van der Waals surface area contributed by atoms with Gasteiger partial charge in [0.1, 0.15) is 0 Å². The second-order valence-corrected chi connectivity index (χ2v) is 7.14. The molecule has 1 N–H and O–H groups in total. The Balaban J connectivity index is 1.55. The van der Waals surface area contributed by atoms with Crippen LogP contribution in [0.5, 0.6) is 11.5 Å². The SMILES string of the molecule is COc1cc2cnnc(N3CCC(C(O)c4ccccc4)CC3)c2cc1OC. The van der Waals surface area contributed by atoms with Crippen molar-refractivity contribution in [3.8, 4) is 11.5 Å². The van der Waals surface area contributed by atoms with Gasteiger partial charge in [-0.2, -0.15) is 5.10 Å². The fourth-order valence-electron chi connectivity index (χ4n) is 3.98. The van der Waals surface area contributed by atoms with Gasteiger partial charge in [-0.1, -0.05) is 30.3 Å². The molecule has 146 valence electrons. The molecule has 2 heterocycles. The van der Waals surface area contributed by atoms with Gasteiger partial charge < -0.3 is 19.5 Å². The summed E-state index contributed by atoms with van der Waals surface area (Å²) in [4.78, 5) is 2.25. The van der Waals surface area contributed by atoms with Crippen molar-refractivity contribution in [2.24, 2.45) is 5.92 Å². The van der Waals surface area contributed by atoms with Crippen LogP contribution in [0.25, 0.3) is 10.8 Å². The Hall–Kier alpha value is -2.86. The number of fused-ring (bicyclic) bond motifs is 1. The van der Waals surface area contributed by atoms with E-state index in [2.05, 4.69) is 15.1 Å². The highest BCUT2D eigenvalue weighted by atomic mass is 16.5. The maximum Gasteiger partial charge on any atom is 0.161 e. The molecule has 2 aromatic carbocycles. The lowest BCUT2D eigenvalue weighted by Gasteiger charge is -2.35. The Morgan fingerprint density at radius 1 is 1.04 bits per heavy atom. The minimum absolute atomic E-state index is 0.246. The first-order valence-corrected chi connectivity index (χ1v) is 9.56. The largest absolute Gasteiger partial charge is 0.493 e. The lowest BCUT2D eigenvalue weighted by Crippen LogP contribution is -2.36. The van der Waals surface area contributed by atoms with Crippen molar-refractivity contribution in [3.05, 3.63) is 54.2 Å². The third-order valence-corrected chi connectivity index (χ3v) is 5.57. The fourth-order valence-corrected chi connectivity index (χ4v) is 3.98. The van der Waals surface area contributed by atoms with E-state index in [1.807, 2.05) is 42.5 Å². The van der Waals surface area contributed by atoms with Gasteiger partial charge in [0.2, 0.25) is 0 Å². The molecule has 1 saturated heterocycles. The molecule has 0 spiro atoms. The molecule has 0 saturated carbocycles. The number of ether oxygens (including phenoxy) is 2. The standard InChI is InChI=1S/C22H25N3O3/c1-27-19-12-17-14-23-24-22(18(17)13-20(19)28-2)25-10-8-16(9-11-25)21(26)15-6-4-3-5-7-15/h3-7,12-14,16,21,26H,8-11H2,1-2H3. The number of rotatable bonds is 5. The summed E-state index contributed by atoms with van der Waals surface area (Å²) >= 11 is 0. The molecule has 0 bridgehead atoms. The summed E-state index contributed by atoms with van der Waals surface area (Å²) in [5.74, 6) is 2.46. The molecule has 4 rings (SSSR count). The minimum Gasteiger partial charge on any atom is -0.493 e. The number of aliphatic hydroxyl groups is 1. The normalized spacial score (nSPS) is 16.2. The number of aliphatic hydroxyl groups excluding tert-OH is 1. The van der Waals surface area contributed by atoms with E-state index in [9.17, 15) is 5.11 Å². The van der Waals surface area contributed by atoms with E-state index in [0.717, 1.165) is 48.1 Å². The lowest BCUT2D eigenvalue weighted by atomic mass is 9.87. The maximum absolute atomic E-state index is 10.7. The number of benzene rings is 2. The van der Waals surface area contributed by atoms with Crippen LogP contribution in [0, 0.1) is 5.92 Å². The second kappa shape index (κ2) is 8.02. The number of methoxy groups -OCH3 is 2. The molecule has 1 fully saturated rings. The molecule has 0 radical (unpaired) electrons. The number of aromatic nitrogens is 2. The summed E-state index contributed by atoms with van der Waals surface area (Å²) in [7, 11) is 3.26. The van der Waals surface area contributed by atoms with Crippen molar-refractivity contribution in [2.45, 2.75) is 18.9 Å². The highest BCUT2D eigenvalue weighted by molar-refractivity contribution is 5.94. The van der Waals surface area contributed by atoms with Gasteiger partial charge in [0.15, 0.2) is 17.3 Å². The topological polar surface area (TPSA) is 67.7 Å². The van der Waals surface area contributed by atoms with Gasteiger partial charge in [-0.05, 0) is 36.5 Å². The molecule has 1 aliphatic rings. The predicted octanol–water partition coefficient (Wildman–Crippen LogP) is 3.60. The Morgan fingerprint density at radius 3 is 2.39 bits per heavy atom. The van der Waals surface area contributed by atoms with Crippen molar-refractivity contribution in [1.29, 1.82) is 0 Å². The molecule has 6 nitrogen and oxygen atoms in total. The van der Waals surface area contributed by atoms with Crippen molar-refractivity contribution in [1.82, 2.24) is 10.2 Å². The first-order valence-electron chi connectivity index (χ1n) is 9.56. The molecule has 3 aromatic rings. The average Bonchev–Trinajstić information content (AvgIpc) is 2.77. The van der Waals surface area contributed by atoms with Crippen molar-refractivity contribution in [3.63, 3.8) is 0 Å². The van der Waals surface area contributed by atoms with Gasteiger partial charge in [0.05, 0.1) is 26.5 Å². The Kier molecular flexibility index (Phi) is 5.30. The van der Waals surface area contributed by atoms with Crippen LogP contribution in [0.1, 0.15) is 24.5 Å². The van der Waals surface area contributed by atoms with Gasteiger partial charge in [0, 0.05) is 23.9 Å². The number of hydrogen-bond donors (Lipinski definition) is 1. The number of nitrogens with zero attached hydrogens (tertiary/aromatic N) is 3. The zero-order chi connectivity index (χ0) is 19.5. The Labute approximate surface area is 164 Å². The highest BCUT2D eigenvalue weighted by Gasteiger charge is 2.27. The minimum atomic E-state index is -0.425. The van der Waals surface area contributed by atoms with Crippen LogP contribution in [-0.4, -0.2) is 42.6 Å². The Bertz CT molecular complexity index is 940. The molecule has 1 unspecified atom stereocenters. The summed E-state index contributed by atoms with van der Waals surface area (Å²) in [5, 5.41) is 21.3. The van der Waals surface area contributed by atoms with Crippen molar-refractivity contribution in [2.75, 3.05) is 32.2 Å². The van der Waals surface area contributed by atoms with Crippen LogP contribution in [0.3, 0.4) is 0 Å². The summed E-state index contributed by atoms with van der Waals surface area (Å²) in [5.41, 5.74) is 0.989. The van der Waals surface area contributed by atoms with E-state index in [1.54, 1.807) is 20.4 Å². The molecular formula is C22H25N3O3. The van der Waals surface area contributed by atoms with Gasteiger partial charge in [-0.25, -0.2) is 0 Å². The van der Waals surface area contributed by atoms with E-state index in [0.29, 0.717) is 11.5 Å². The predicted molar refractivity (Wildman–Crippen MR) is 109 cm³/mol. The summed E-state index contributed by atoms with van der Waals surface area (Å²) in [6, 6.07) is 13.8. The third-order valence-electron chi connectivity index (χ3n) is 5.57. The molecular weight excluding hydrogens is 354 g/mol. The van der Waals surface area contributed by atoms with E-state index in [1.165, 1.54) is 0 Å². The fraction of sp³-hybridized carbons (Fsp3) is 0.364. The quantitative estimate of drug-likeness (QED) is 0.731. The Morgan fingerprint density at radius 2 is 1.71 bits per heavy atom. The van der Waals surface area contributed by atoms with Crippen LogP contribution in [0.15, 0.2) is 48.7 Å². The summed E-state index contributed by atoms with van der Waals surface area (Å²) < 4.78 is 10.9. The van der Waals surface area contributed by atoms with Crippen LogP contribution in [-0.2, 0) is 0 Å². The highest BCUT2D eigenvalue weighted by Crippen LogP contribution is 2.37. The van der Waals surface area contributed by atoms with E-state index in [-0.39, 0.29) is 5.92 Å². The number of hydrogen-bond acceptors (Lipinski definition) is 6. The van der Waals surface area contributed by atoms with Crippen LogP contribution in [0.2, 0.25) is 0 Å². The average molecular weight is 379 g/mol. The number of anilines is 1. The van der Waals surface area contributed by atoms with E-state index < -0.39 is 6.10 Å². The van der Waals surface area contributed by atoms with E-state index >= 15 is 0 Å². The number of piperidine rings is 1. The monoisotopic (exact) mass is 379 g/mol. The summed E-state index contributed by atoms with van der Waals surface area (Å²) in [6.07, 6.45) is 3.13. The molecule has 0 amide bonds. The second-order valence-electron chi connectivity index (χ2n) is 7.14. The van der Waals surface area contributed by atoms with E-state index in [4.69, 9.17) is 9.47 Å². The third kappa shape index (κ3) is 3.47. The maximum atomic E-state index is 10.7. The van der Waals surface area contributed by atoms with Crippen LogP contribution < -0.4 is 14.4 Å². The smallest absolute Gasteiger partial charge is 0.161 e. The van der Waals surface area contributed by atoms with Crippen molar-refractivity contribution >= 4 is 16.6 Å². The van der Waals surface area contributed by atoms with Crippen molar-refractivity contribution < 1.29 is 14.6 Å². The summed E-state index contributed by atoms with van der Waals surface area (Å²) in [6.45, 7) is 1.66. The van der Waals surface area contributed by atoms with Gasteiger partial charge >= 0.3 is 0 Å².